The maximum atomic E-state index is 12.7. The lowest BCUT2D eigenvalue weighted by atomic mass is 9.47. The number of hydrogen-bond acceptors (Lipinski definition) is 2. The second kappa shape index (κ2) is 5.64. The molecule has 1 atom stereocenters. The zero-order chi connectivity index (χ0) is 16.0. The summed E-state index contributed by atoms with van der Waals surface area (Å²) in [5.74, 6) is 2.84. The van der Waals surface area contributed by atoms with Crippen LogP contribution in [0.4, 0.5) is 0 Å². The summed E-state index contributed by atoms with van der Waals surface area (Å²) in [5.41, 5.74) is 1.08. The lowest BCUT2D eigenvalue weighted by molar-refractivity contribution is -0.0727. The maximum absolute atomic E-state index is 12.7. The van der Waals surface area contributed by atoms with E-state index in [1.807, 2.05) is 17.8 Å². The number of nitrogens with zero attached hydrogens (tertiary/aromatic N) is 2. The van der Waals surface area contributed by atoms with Crippen molar-refractivity contribution < 1.29 is 4.79 Å². The van der Waals surface area contributed by atoms with Crippen molar-refractivity contribution >= 4 is 5.91 Å². The van der Waals surface area contributed by atoms with E-state index in [2.05, 4.69) is 17.3 Å². The van der Waals surface area contributed by atoms with Gasteiger partial charge in [0.15, 0.2) is 0 Å². The van der Waals surface area contributed by atoms with Crippen LogP contribution in [-0.2, 0) is 6.54 Å². The number of aryl methyl sites for hydroxylation is 1. The fraction of sp³-hybridized carbons (Fsp3) is 0.789. The summed E-state index contributed by atoms with van der Waals surface area (Å²) in [7, 11) is 0. The van der Waals surface area contributed by atoms with Gasteiger partial charge in [0.25, 0.3) is 5.91 Å². The quantitative estimate of drug-likeness (QED) is 0.902. The fourth-order valence-corrected chi connectivity index (χ4v) is 6.19. The average Bonchev–Trinajstić information content (AvgIpc) is 3.00. The molecule has 4 heteroatoms. The minimum absolute atomic E-state index is 0.0623. The molecule has 4 bridgehead atoms. The molecule has 126 valence electrons. The van der Waals surface area contributed by atoms with Gasteiger partial charge in [-0.05, 0) is 75.0 Å². The van der Waals surface area contributed by atoms with Crippen molar-refractivity contribution in [3.8, 4) is 0 Å². The van der Waals surface area contributed by atoms with Crippen LogP contribution in [0.5, 0.6) is 0 Å². The van der Waals surface area contributed by atoms with Crippen molar-refractivity contribution in [3.05, 3.63) is 18.0 Å². The molecule has 1 aromatic heterocycles. The summed E-state index contributed by atoms with van der Waals surface area (Å²) in [6, 6.07) is 0.327. The molecule has 1 N–H and O–H groups in total. The summed E-state index contributed by atoms with van der Waals surface area (Å²) >= 11 is 0. The first-order valence-corrected chi connectivity index (χ1v) is 9.45. The van der Waals surface area contributed by atoms with Gasteiger partial charge in [-0.15, -0.1) is 0 Å². The molecule has 0 saturated heterocycles. The smallest absolute Gasteiger partial charge is 0.254 e. The van der Waals surface area contributed by atoms with E-state index >= 15 is 0 Å². The number of amides is 1. The molecular weight excluding hydrogens is 286 g/mol. The Kier molecular flexibility index (Phi) is 3.73. The first-order valence-electron chi connectivity index (χ1n) is 9.45. The number of nitrogens with one attached hydrogen (secondary N) is 1. The second-order valence-corrected chi connectivity index (χ2v) is 8.30. The number of rotatable bonds is 5. The van der Waals surface area contributed by atoms with Gasteiger partial charge in [0.1, 0.15) is 0 Å². The molecule has 1 unspecified atom stereocenters. The summed E-state index contributed by atoms with van der Waals surface area (Å²) in [6.07, 6.45) is 13.0. The summed E-state index contributed by atoms with van der Waals surface area (Å²) in [4.78, 5) is 12.7. The van der Waals surface area contributed by atoms with E-state index in [-0.39, 0.29) is 5.91 Å². The Bertz CT molecular complexity index is 556. The summed E-state index contributed by atoms with van der Waals surface area (Å²) in [5, 5.41) is 7.62. The molecule has 4 aliphatic carbocycles. The summed E-state index contributed by atoms with van der Waals surface area (Å²) < 4.78 is 1.82. The third-order valence-electron chi connectivity index (χ3n) is 6.76. The van der Waals surface area contributed by atoms with Gasteiger partial charge in [-0.3, -0.25) is 9.48 Å². The fourth-order valence-electron chi connectivity index (χ4n) is 6.19. The predicted octanol–water partition coefficient (Wildman–Crippen LogP) is 3.63. The standard InChI is InChI=1S/C19H29N3O/c1-3-17(21-18(23)16-11-20-22(4-2)12-16)19-8-13-5-14(9-19)7-15(6-13)10-19/h11-15,17H,3-10H2,1-2H3,(H,21,23). The van der Waals surface area contributed by atoms with Crippen LogP contribution in [0, 0.1) is 23.2 Å². The predicted molar refractivity (Wildman–Crippen MR) is 90.1 cm³/mol. The highest BCUT2D eigenvalue weighted by atomic mass is 16.1. The average molecular weight is 315 g/mol. The van der Waals surface area contributed by atoms with Gasteiger partial charge in [0.2, 0.25) is 0 Å². The molecule has 4 fully saturated rings. The Morgan fingerprint density at radius 3 is 2.35 bits per heavy atom. The van der Waals surface area contributed by atoms with E-state index in [0.29, 0.717) is 17.0 Å². The number of aromatic nitrogens is 2. The largest absolute Gasteiger partial charge is 0.349 e. The monoisotopic (exact) mass is 315 g/mol. The molecular formula is C19H29N3O. The number of carbonyl (C=O) groups is 1. The molecule has 0 aromatic carbocycles. The Labute approximate surface area is 139 Å². The molecule has 0 spiro atoms. The van der Waals surface area contributed by atoms with Crippen molar-refractivity contribution in [1.82, 2.24) is 15.1 Å². The highest BCUT2D eigenvalue weighted by Crippen LogP contribution is 2.61. The van der Waals surface area contributed by atoms with Crippen molar-refractivity contribution in [2.75, 3.05) is 0 Å². The zero-order valence-corrected chi connectivity index (χ0v) is 14.4. The molecule has 4 aliphatic rings. The molecule has 23 heavy (non-hydrogen) atoms. The van der Waals surface area contributed by atoms with Crippen molar-refractivity contribution in [2.24, 2.45) is 23.2 Å². The second-order valence-electron chi connectivity index (χ2n) is 8.30. The van der Waals surface area contributed by atoms with Crippen LogP contribution in [0.1, 0.15) is 69.2 Å². The molecule has 1 amide bonds. The molecule has 4 nitrogen and oxygen atoms in total. The molecule has 1 heterocycles. The van der Waals surface area contributed by atoms with Gasteiger partial charge in [-0.1, -0.05) is 6.92 Å². The van der Waals surface area contributed by atoms with Crippen LogP contribution in [0.25, 0.3) is 0 Å². The SMILES string of the molecule is CCC(NC(=O)c1cnn(CC)c1)C12CC3CC(CC(C3)C1)C2. The minimum Gasteiger partial charge on any atom is -0.349 e. The minimum atomic E-state index is 0.0623. The van der Waals surface area contributed by atoms with Gasteiger partial charge in [-0.25, -0.2) is 0 Å². The molecule has 4 saturated carbocycles. The Balaban J connectivity index is 1.51. The Morgan fingerprint density at radius 1 is 1.26 bits per heavy atom. The van der Waals surface area contributed by atoms with Crippen LogP contribution in [0.15, 0.2) is 12.4 Å². The highest BCUT2D eigenvalue weighted by molar-refractivity contribution is 5.93. The van der Waals surface area contributed by atoms with E-state index in [4.69, 9.17) is 0 Å². The lowest BCUT2D eigenvalue weighted by Crippen LogP contribution is -2.56. The van der Waals surface area contributed by atoms with Gasteiger partial charge in [0.05, 0.1) is 11.8 Å². The Morgan fingerprint density at radius 2 is 1.87 bits per heavy atom. The third-order valence-corrected chi connectivity index (χ3v) is 6.76. The Hall–Kier alpha value is -1.32. The molecule has 5 rings (SSSR count). The van der Waals surface area contributed by atoms with Crippen LogP contribution in [0.3, 0.4) is 0 Å². The van der Waals surface area contributed by atoms with E-state index < -0.39 is 0 Å². The van der Waals surface area contributed by atoms with Gasteiger partial charge >= 0.3 is 0 Å². The van der Waals surface area contributed by atoms with Crippen LogP contribution in [0.2, 0.25) is 0 Å². The number of hydrogen-bond donors (Lipinski definition) is 1. The van der Waals surface area contributed by atoms with Crippen molar-refractivity contribution in [3.63, 3.8) is 0 Å². The van der Waals surface area contributed by atoms with Crippen molar-refractivity contribution in [1.29, 1.82) is 0 Å². The normalized spacial score (nSPS) is 36.2. The first-order chi connectivity index (χ1) is 11.1. The van der Waals surface area contributed by atoms with E-state index in [1.54, 1.807) is 6.20 Å². The number of carbonyl (C=O) groups excluding carboxylic acids is 1. The van der Waals surface area contributed by atoms with Gasteiger partial charge in [-0.2, -0.15) is 5.10 Å². The van der Waals surface area contributed by atoms with E-state index in [1.165, 1.54) is 38.5 Å². The van der Waals surface area contributed by atoms with Crippen molar-refractivity contribution in [2.45, 2.75) is 71.4 Å². The third kappa shape index (κ3) is 2.60. The zero-order valence-electron chi connectivity index (χ0n) is 14.4. The highest BCUT2D eigenvalue weighted by Gasteiger charge is 2.54. The van der Waals surface area contributed by atoms with Crippen LogP contribution >= 0.6 is 0 Å². The topological polar surface area (TPSA) is 46.9 Å². The molecule has 0 aliphatic heterocycles. The van der Waals surface area contributed by atoms with Gasteiger partial charge < -0.3 is 5.32 Å². The van der Waals surface area contributed by atoms with E-state index in [9.17, 15) is 4.79 Å². The molecule has 1 aromatic rings. The van der Waals surface area contributed by atoms with E-state index in [0.717, 1.165) is 30.7 Å². The first kappa shape index (κ1) is 15.2. The summed E-state index contributed by atoms with van der Waals surface area (Å²) in [6.45, 7) is 5.08. The molecule has 0 radical (unpaired) electrons. The van der Waals surface area contributed by atoms with Crippen LogP contribution in [-0.4, -0.2) is 21.7 Å². The maximum Gasteiger partial charge on any atom is 0.254 e. The van der Waals surface area contributed by atoms with Crippen LogP contribution < -0.4 is 5.32 Å². The lowest BCUT2D eigenvalue weighted by Gasteiger charge is -2.59. The van der Waals surface area contributed by atoms with Gasteiger partial charge in [0, 0.05) is 18.8 Å².